The lowest BCUT2D eigenvalue weighted by Crippen LogP contribution is -2.30. The Balaban J connectivity index is 1.60. The van der Waals surface area contributed by atoms with Crippen molar-refractivity contribution in [2.24, 2.45) is 0 Å². The molecule has 2 aromatic rings. The third kappa shape index (κ3) is 2.64. The molecule has 1 aliphatic carbocycles. The van der Waals surface area contributed by atoms with Gasteiger partial charge >= 0.3 is 0 Å². The summed E-state index contributed by atoms with van der Waals surface area (Å²) >= 11 is 0. The number of nitrogen functional groups attached to an aromatic ring is 1. The van der Waals surface area contributed by atoms with Crippen molar-refractivity contribution in [1.82, 2.24) is 4.90 Å². The highest BCUT2D eigenvalue weighted by molar-refractivity contribution is 5.41. The molecule has 0 heterocycles. The predicted octanol–water partition coefficient (Wildman–Crippen LogP) is 3.04. The van der Waals surface area contributed by atoms with Gasteiger partial charge in [-0.3, -0.25) is 0 Å². The van der Waals surface area contributed by atoms with Crippen LogP contribution in [0.1, 0.15) is 22.6 Å². The van der Waals surface area contributed by atoms with Crippen LogP contribution in [0.25, 0.3) is 0 Å². The van der Waals surface area contributed by atoms with E-state index in [4.69, 9.17) is 5.73 Å². The highest BCUT2D eigenvalue weighted by atomic mass is 15.1. The number of nitrogens with zero attached hydrogens (tertiary/aromatic N) is 1. The molecule has 2 heteroatoms. The predicted molar refractivity (Wildman–Crippen MR) is 80.1 cm³/mol. The summed E-state index contributed by atoms with van der Waals surface area (Å²) in [7, 11) is 2.18. The second-order valence-corrected chi connectivity index (χ2v) is 5.54. The standard InChI is InChI=1S/C17H20N2/c1-19(11-13-5-4-7-16(18)9-13)12-15-10-14-6-2-3-8-17(14)15/h2-9,15H,10-12,18H2,1H3. The minimum atomic E-state index is 0.697. The molecule has 0 spiro atoms. The molecular weight excluding hydrogens is 232 g/mol. The van der Waals surface area contributed by atoms with Crippen molar-refractivity contribution in [1.29, 1.82) is 0 Å². The van der Waals surface area contributed by atoms with Gasteiger partial charge in [0.15, 0.2) is 0 Å². The molecule has 0 radical (unpaired) electrons. The number of rotatable bonds is 4. The normalized spacial score (nSPS) is 17.1. The van der Waals surface area contributed by atoms with Crippen molar-refractivity contribution >= 4 is 5.69 Å². The van der Waals surface area contributed by atoms with E-state index in [1.165, 1.54) is 23.1 Å². The Bertz CT molecular complexity index is 577. The molecule has 0 saturated carbocycles. The van der Waals surface area contributed by atoms with Gasteiger partial charge in [-0.2, -0.15) is 0 Å². The van der Waals surface area contributed by atoms with Crippen molar-refractivity contribution < 1.29 is 0 Å². The molecule has 0 aromatic heterocycles. The molecule has 98 valence electrons. The van der Waals surface area contributed by atoms with Gasteiger partial charge in [0.25, 0.3) is 0 Å². The molecule has 19 heavy (non-hydrogen) atoms. The first kappa shape index (κ1) is 12.2. The van der Waals surface area contributed by atoms with Crippen molar-refractivity contribution in [2.75, 3.05) is 19.3 Å². The van der Waals surface area contributed by atoms with E-state index in [1.54, 1.807) is 0 Å². The van der Waals surface area contributed by atoms with E-state index < -0.39 is 0 Å². The summed E-state index contributed by atoms with van der Waals surface area (Å²) < 4.78 is 0. The Morgan fingerprint density at radius 2 is 2.00 bits per heavy atom. The Morgan fingerprint density at radius 3 is 2.79 bits per heavy atom. The van der Waals surface area contributed by atoms with Gasteiger partial charge in [-0.25, -0.2) is 0 Å². The van der Waals surface area contributed by atoms with Crippen LogP contribution in [0.3, 0.4) is 0 Å². The van der Waals surface area contributed by atoms with Gasteiger partial charge in [0, 0.05) is 24.7 Å². The Kier molecular flexibility index (Phi) is 3.26. The lowest BCUT2D eigenvalue weighted by atomic mass is 9.77. The number of hydrogen-bond acceptors (Lipinski definition) is 2. The van der Waals surface area contributed by atoms with Crippen molar-refractivity contribution in [3.63, 3.8) is 0 Å². The monoisotopic (exact) mass is 252 g/mol. The highest BCUT2D eigenvalue weighted by Crippen LogP contribution is 2.35. The SMILES string of the molecule is CN(Cc1cccc(N)c1)CC1Cc2ccccc21. The first-order valence-corrected chi connectivity index (χ1v) is 6.83. The van der Waals surface area contributed by atoms with Crippen LogP contribution < -0.4 is 5.73 Å². The van der Waals surface area contributed by atoms with Gasteiger partial charge in [-0.05, 0) is 42.3 Å². The summed E-state index contributed by atoms with van der Waals surface area (Å²) in [6.45, 7) is 2.08. The molecule has 2 N–H and O–H groups in total. The fourth-order valence-corrected chi connectivity index (χ4v) is 2.97. The average molecular weight is 252 g/mol. The number of hydrogen-bond donors (Lipinski definition) is 1. The van der Waals surface area contributed by atoms with Crippen LogP contribution >= 0.6 is 0 Å². The second kappa shape index (κ2) is 5.06. The molecule has 0 fully saturated rings. The third-order valence-electron chi connectivity index (χ3n) is 3.90. The van der Waals surface area contributed by atoms with Crippen LogP contribution in [0.5, 0.6) is 0 Å². The second-order valence-electron chi connectivity index (χ2n) is 5.54. The Morgan fingerprint density at radius 1 is 1.16 bits per heavy atom. The largest absolute Gasteiger partial charge is 0.399 e. The lowest BCUT2D eigenvalue weighted by Gasteiger charge is -2.33. The summed E-state index contributed by atoms with van der Waals surface area (Å²) in [5.41, 5.74) is 11.0. The van der Waals surface area contributed by atoms with Gasteiger partial charge in [0.05, 0.1) is 0 Å². The van der Waals surface area contributed by atoms with E-state index in [0.29, 0.717) is 5.92 Å². The molecule has 0 aliphatic heterocycles. The average Bonchev–Trinajstić information content (AvgIpc) is 2.36. The quantitative estimate of drug-likeness (QED) is 0.847. The van der Waals surface area contributed by atoms with Gasteiger partial charge in [0.1, 0.15) is 0 Å². The summed E-state index contributed by atoms with van der Waals surface area (Å²) in [4.78, 5) is 2.38. The van der Waals surface area contributed by atoms with E-state index in [0.717, 1.165) is 18.8 Å². The lowest BCUT2D eigenvalue weighted by molar-refractivity contribution is 0.291. The molecule has 1 unspecified atom stereocenters. The third-order valence-corrected chi connectivity index (χ3v) is 3.90. The van der Waals surface area contributed by atoms with Crippen LogP contribution in [0.2, 0.25) is 0 Å². The maximum absolute atomic E-state index is 5.82. The maximum Gasteiger partial charge on any atom is 0.0317 e. The maximum atomic E-state index is 5.82. The summed E-state index contributed by atoms with van der Waals surface area (Å²) in [5, 5.41) is 0. The van der Waals surface area contributed by atoms with Crippen LogP contribution in [0.15, 0.2) is 48.5 Å². The van der Waals surface area contributed by atoms with E-state index >= 15 is 0 Å². The zero-order valence-corrected chi connectivity index (χ0v) is 11.3. The molecule has 3 rings (SSSR count). The van der Waals surface area contributed by atoms with Gasteiger partial charge in [0.2, 0.25) is 0 Å². The number of fused-ring (bicyclic) bond motifs is 1. The molecular formula is C17H20N2. The Hall–Kier alpha value is -1.80. The van der Waals surface area contributed by atoms with Crippen LogP contribution in [-0.2, 0) is 13.0 Å². The number of anilines is 1. The number of benzene rings is 2. The van der Waals surface area contributed by atoms with E-state index in [2.05, 4.69) is 48.3 Å². The highest BCUT2D eigenvalue weighted by Gasteiger charge is 2.26. The zero-order chi connectivity index (χ0) is 13.2. The van der Waals surface area contributed by atoms with Crippen molar-refractivity contribution in [3.8, 4) is 0 Å². The molecule has 0 amide bonds. The molecule has 0 saturated heterocycles. The van der Waals surface area contributed by atoms with Crippen molar-refractivity contribution in [3.05, 3.63) is 65.2 Å². The number of nitrogens with two attached hydrogens (primary N) is 1. The smallest absolute Gasteiger partial charge is 0.0317 e. The fraction of sp³-hybridized carbons (Fsp3) is 0.294. The first-order valence-electron chi connectivity index (χ1n) is 6.83. The van der Waals surface area contributed by atoms with E-state index in [9.17, 15) is 0 Å². The number of likely N-dealkylation sites (N-methyl/N-ethyl adjacent to an activating group) is 1. The van der Waals surface area contributed by atoms with Crippen LogP contribution in [-0.4, -0.2) is 18.5 Å². The van der Waals surface area contributed by atoms with Gasteiger partial charge in [-0.1, -0.05) is 36.4 Å². The molecule has 1 atom stereocenters. The Labute approximate surface area is 114 Å². The van der Waals surface area contributed by atoms with Crippen LogP contribution in [0.4, 0.5) is 5.69 Å². The van der Waals surface area contributed by atoms with Gasteiger partial charge in [-0.15, -0.1) is 0 Å². The van der Waals surface area contributed by atoms with Gasteiger partial charge < -0.3 is 10.6 Å². The minimum Gasteiger partial charge on any atom is -0.399 e. The molecule has 1 aliphatic rings. The summed E-state index contributed by atoms with van der Waals surface area (Å²) in [5.74, 6) is 0.697. The first-order chi connectivity index (χ1) is 9.22. The topological polar surface area (TPSA) is 29.3 Å². The van der Waals surface area contributed by atoms with Crippen molar-refractivity contribution in [2.45, 2.75) is 18.9 Å². The van der Waals surface area contributed by atoms with E-state index in [-0.39, 0.29) is 0 Å². The van der Waals surface area contributed by atoms with Crippen LogP contribution in [0, 0.1) is 0 Å². The summed E-state index contributed by atoms with van der Waals surface area (Å²) in [6, 6.07) is 16.9. The fourth-order valence-electron chi connectivity index (χ4n) is 2.97. The molecule has 2 aromatic carbocycles. The zero-order valence-electron chi connectivity index (χ0n) is 11.3. The molecule has 0 bridgehead atoms. The minimum absolute atomic E-state index is 0.697. The van der Waals surface area contributed by atoms with E-state index in [1.807, 2.05) is 12.1 Å². The molecule has 2 nitrogen and oxygen atoms in total. The summed E-state index contributed by atoms with van der Waals surface area (Å²) in [6.07, 6.45) is 1.22.